The summed E-state index contributed by atoms with van der Waals surface area (Å²) in [6, 6.07) is 20.0. The zero-order valence-electron chi connectivity index (χ0n) is 12.7. The van der Waals surface area contributed by atoms with Crippen molar-refractivity contribution in [3.8, 4) is 0 Å². The lowest BCUT2D eigenvalue weighted by Gasteiger charge is -2.36. The fraction of sp³-hybridized carbons (Fsp3) is 0.176. The van der Waals surface area contributed by atoms with Crippen LogP contribution in [0, 0.1) is 0 Å². The highest BCUT2D eigenvalue weighted by atomic mass is 32.3. The molecule has 1 aliphatic heterocycles. The lowest BCUT2D eigenvalue weighted by Crippen LogP contribution is -2.39. The van der Waals surface area contributed by atoms with Crippen molar-refractivity contribution in [2.24, 2.45) is 4.99 Å². The first-order valence-corrected chi connectivity index (χ1v) is 9.51. The first-order valence-electron chi connectivity index (χ1n) is 7.06. The molecule has 0 spiro atoms. The molecule has 22 heavy (non-hydrogen) atoms. The highest BCUT2D eigenvalue weighted by Crippen LogP contribution is 2.52. The van der Waals surface area contributed by atoms with Crippen LogP contribution in [0.5, 0.6) is 0 Å². The maximum atomic E-state index is 12.2. The van der Waals surface area contributed by atoms with Crippen molar-refractivity contribution in [1.82, 2.24) is 5.01 Å². The number of nitrogens with one attached hydrogen (secondary N) is 1. The Kier molecular flexibility index (Phi) is 3.90. The van der Waals surface area contributed by atoms with Gasteiger partial charge in [-0.15, -0.1) is 0 Å². The van der Waals surface area contributed by atoms with Gasteiger partial charge in [-0.05, 0) is 41.7 Å². The van der Waals surface area contributed by atoms with Crippen molar-refractivity contribution >= 4 is 26.8 Å². The SMILES string of the molecule is CS(C)(C1=NCC(=O)N1Nc1ccccc1)c1ccccc1. The maximum absolute atomic E-state index is 12.2. The highest BCUT2D eigenvalue weighted by molar-refractivity contribution is 8.44. The molecule has 0 radical (unpaired) electrons. The van der Waals surface area contributed by atoms with Gasteiger partial charge in [0.15, 0.2) is 5.17 Å². The number of rotatable bonds is 3. The van der Waals surface area contributed by atoms with Gasteiger partial charge >= 0.3 is 0 Å². The Morgan fingerprint density at radius 3 is 2.23 bits per heavy atom. The highest BCUT2D eigenvalue weighted by Gasteiger charge is 2.35. The second-order valence-electron chi connectivity index (χ2n) is 5.45. The minimum atomic E-state index is -1.35. The molecule has 0 saturated heterocycles. The maximum Gasteiger partial charge on any atom is 0.269 e. The van der Waals surface area contributed by atoms with Crippen LogP contribution in [0.15, 0.2) is 70.6 Å². The minimum Gasteiger partial charge on any atom is -0.290 e. The summed E-state index contributed by atoms with van der Waals surface area (Å²) in [6.45, 7) is 0.207. The van der Waals surface area contributed by atoms with E-state index in [1.54, 1.807) is 5.01 Å². The summed E-state index contributed by atoms with van der Waals surface area (Å²) in [5, 5.41) is 2.44. The van der Waals surface area contributed by atoms with E-state index >= 15 is 0 Å². The molecule has 1 aliphatic rings. The molecule has 2 aromatic carbocycles. The zero-order chi connectivity index (χ0) is 15.6. The summed E-state index contributed by atoms with van der Waals surface area (Å²) in [5.74, 6) is -0.0182. The van der Waals surface area contributed by atoms with Gasteiger partial charge in [0.1, 0.15) is 6.54 Å². The molecule has 1 N–H and O–H groups in total. The van der Waals surface area contributed by atoms with Gasteiger partial charge < -0.3 is 0 Å². The van der Waals surface area contributed by atoms with Crippen LogP contribution in [0.25, 0.3) is 0 Å². The van der Waals surface area contributed by atoms with Gasteiger partial charge in [-0.2, -0.15) is 15.0 Å². The van der Waals surface area contributed by atoms with Crippen molar-refractivity contribution in [2.75, 3.05) is 24.5 Å². The molecule has 4 nitrogen and oxygen atoms in total. The van der Waals surface area contributed by atoms with Crippen molar-refractivity contribution < 1.29 is 4.79 Å². The number of carbonyl (C=O) groups excluding carboxylic acids is 1. The number of nitrogens with zero attached hydrogens (tertiary/aromatic N) is 2. The Morgan fingerprint density at radius 1 is 1.00 bits per heavy atom. The van der Waals surface area contributed by atoms with Crippen molar-refractivity contribution in [3.05, 3.63) is 60.7 Å². The van der Waals surface area contributed by atoms with Crippen LogP contribution >= 0.6 is 10.0 Å². The number of aliphatic imine (C=N–C) groups is 1. The summed E-state index contributed by atoms with van der Waals surface area (Å²) in [4.78, 5) is 18.0. The normalized spacial score (nSPS) is 15.6. The van der Waals surface area contributed by atoms with Crippen LogP contribution in [0.4, 0.5) is 5.69 Å². The number of carbonyl (C=O) groups is 1. The Bertz CT molecular complexity index is 698. The van der Waals surface area contributed by atoms with E-state index in [1.165, 1.54) is 4.90 Å². The van der Waals surface area contributed by atoms with Crippen LogP contribution in [0.2, 0.25) is 0 Å². The van der Waals surface area contributed by atoms with Gasteiger partial charge in [-0.25, -0.2) is 0 Å². The number of hydrogen-bond acceptors (Lipinski definition) is 3. The third-order valence-corrected chi connectivity index (χ3v) is 6.27. The molecule has 0 fully saturated rings. The molecule has 1 heterocycles. The monoisotopic (exact) mass is 313 g/mol. The van der Waals surface area contributed by atoms with Crippen LogP contribution < -0.4 is 5.43 Å². The molecule has 0 saturated carbocycles. The third kappa shape index (κ3) is 2.72. The van der Waals surface area contributed by atoms with Crippen molar-refractivity contribution in [3.63, 3.8) is 0 Å². The summed E-state index contributed by atoms with van der Waals surface area (Å²) in [5.41, 5.74) is 4.07. The van der Waals surface area contributed by atoms with Crippen molar-refractivity contribution in [2.45, 2.75) is 4.90 Å². The van der Waals surface area contributed by atoms with Crippen molar-refractivity contribution in [1.29, 1.82) is 0 Å². The lowest BCUT2D eigenvalue weighted by atomic mass is 10.3. The van der Waals surface area contributed by atoms with E-state index < -0.39 is 10.0 Å². The van der Waals surface area contributed by atoms with E-state index in [0.29, 0.717) is 0 Å². The molecular weight excluding hydrogens is 294 g/mol. The van der Waals surface area contributed by atoms with E-state index in [-0.39, 0.29) is 12.5 Å². The molecule has 3 rings (SSSR count). The Balaban J connectivity index is 1.90. The Hall–Kier alpha value is -2.27. The fourth-order valence-electron chi connectivity index (χ4n) is 2.39. The number of anilines is 1. The molecule has 5 heteroatoms. The van der Waals surface area contributed by atoms with E-state index in [0.717, 1.165) is 10.9 Å². The molecule has 1 amide bonds. The number of amides is 1. The fourth-order valence-corrected chi connectivity index (χ4v) is 4.43. The Morgan fingerprint density at radius 2 is 1.59 bits per heavy atom. The largest absolute Gasteiger partial charge is 0.290 e. The smallest absolute Gasteiger partial charge is 0.269 e. The van der Waals surface area contributed by atoms with Crippen LogP contribution in [-0.2, 0) is 4.79 Å². The number of amidine groups is 1. The van der Waals surface area contributed by atoms with Gasteiger partial charge in [0.2, 0.25) is 0 Å². The predicted molar refractivity (Wildman–Crippen MR) is 93.4 cm³/mol. The first kappa shape index (κ1) is 14.7. The van der Waals surface area contributed by atoms with E-state index in [4.69, 9.17) is 0 Å². The summed E-state index contributed by atoms with van der Waals surface area (Å²) in [7, 11) is -1.35. The number of para-hydroxylation sites is 1. The van der Waals surface area contributed by atoms with Gasteiger partial charge in [0, 0.05) is 0 Å². The molecule has 0 unspecified atom stereocenters. The summed E-state index contributed by atoms with van der Waals surface area (Å²) < 4.78 is 0. The lowest BCUT2D eigenvalue weighted by molar-refractivity contribution is -0.123. The first-order chi connectivity index (χ1) is 10.6. The zero-order valence-corrected chi connectivity index (χ0v) is 13.5. The van der Waals surface area contributed by atoms with Gasteiger partial charge in [-0.1, -0.05) is 36.4 Å². The van der Waals surface area contributed by atoms with E-state index in [2.05, 4.69) is 35.1 Å². The van der Waals surface area contributed by atoms with Gasteiger partial charge in [0.25, 0.3) is 5.91 Å². The number of hydrogen-bond donors (Lipinski definition) is 1. The standard InChI is InChI=1S/C17H19N3OS/c1-22(2,15-11-7-4-8-12-15)17-18-13-16(21)20(17)19-14-9-5-3-6-10-14/h3-12,19H,13H2,1-2H3. The number of hydrazine groups is 1. The minimum absolute atomic E-state index is 0.0182. The van der Waals surface area contributed by atoms with E-state index in [9.17, 15) is 4.79 Å². The van der Waals surface area contributed by atoms with Crippen LogP contribution in [0.1, 0.15) is 0 Å². The van der Waals surface area contributed by atoms with Crippen LogP contribution in [0.3, 0.4) is 0 Å². The molecule has 0 atom stereocenters. The average Bonchev–Trinajstić information content (AvgIpc) is 2.91. The molecule has 0 aromatic heterocycles. The van der Waals surface area contributed by atoms with Crippen LogP contribution in [-0.4, -0.2) is 35.1 Å². The Labute approximate surface area is 132 Å². The molecule has 2 aromatic rings. The number of benzene rings is 2. The second kappa shape index (κ2) is 5.85. The topological polar surface area (TPSA) is 44.7 Å². The summed E-state index contributed by atoms with van der Waals surface area (Å²) >= 11 is 0. The van der Waals surface area contributed by atoms with Gasteiger partial charge in [-0.3, -0.25) is 15.2 Å². The quantitative estimate of drug-likeness (QED) is 0.944. The molecular formula is C17H19N3OS. The predicted octanol–water partition coefficient (Wildman–Crippen LogP) is 3.34. The average molecular weight is 313 g/mol. The second-order valence-corrected chi connectivity index (χ2v) is 8.94. The molecule has 0 aliphatic carbocycles. The molecule has 114 valence electrons. The third-order valence-electron chi connectivity index (χ3n) is 3.59. The summed E-state index contributed by atoms with van der Waals surface area (Å²) in [6.07, 6.45) is 4.33. The molecule has 0 bridgehead atoms. The van der Waals surface area contributed by atoms with E-state index in [1.807, 2.05) is 48.5 Å². The van der Waals surface area contributed by atoms with Gasteiger partial charge in [0.05, 0.1) is 5.69 Å².